The van der Waals surface area contributed by atoms with E-state index in [0.29, 0.717) is 21.7 Å². The molecule has 1 amide bonds. The Morgan fingerprint density at radius 3 is 2.47 bits per heavy atom. The minimum atomic E-state index is -1.34. The summed E-state index contributed by atoms with van der Waals surface area (Å²) in [7, 11) is 0. The Bertz CT molecular complexity index is 942. The number of amides is 1. The average Bonchev–Trinajstić information content (AvgIpc) is 3.04. The number of carbonyl (C=O) groups is 1. The fraction of sp³-hybridized carbons (Fsp3) is 0.318. The molecular formula is C22H24ClFN4OS. The van der Waals surface area contributed by atoms with Gasteiger partial charge in [0.25, 0.3) is 0 Å². The van der Waals surface area contributed by atoms with E-state index in [0.717, 1.165) is 25.4 Å². The smallest absolute Gasteiger partial charge is 0.245 e. The molecule has 1 aromatic heterocycles. The van der Waals surface area contributed by atoms with Crippen LogP contribution in [0.5, 0.6) is 0 Å². The topological polar surface area (TPSA) is 69.0 Å². The first-order valence-electron chi connectivity index (χ1n) is 9.55. The Kier molecular flexibility index (Phi) is 8.42. The molecule has 5 nitrogen and oxygen atoms in total. The average molecular weight is 447 g/mol. The van der Waals surface area contributed by atoms with E-state index in [4.69, 9.17) is 0 Å². The molecule has 1 unspecified atom stereocenters. The number of hydrogen-bond donors (Lipinski definition) is 1. The molecule has 1 aliphatic rings. The van der Waals surface area contributed by atoms with Gasteiger partial charge in [0.15, 0.2) is 0 Å². The van der Waals surface area contributed by atoms with E-state index < -0.39 is 11.2 Å². The van der Waals surface area contributed by atoms with Gasteiger partial charge in [0.2, 0.25) is 5.91 Å². The van der Waals surface area contributed by atoms with Gasteiger partial charge in [0.1, 0.15) is 11.2 Å². The molecule has 0 saturated heterocycles. The summed E-state index contributed by atoms with van der Waals surface area (Å²) in [6.07, 6.45) is 3.20. The van der Waals surface area contributed by atoms with Crippen LogP contribution < -0.4 is 5.32 Å². The number of pyridine rings is 1. The number of rotatable bonds is 8. The lowest BCUT2D eigenvalue weighted by Crippen LogP contribution is -2.39. The van der Waals surface area contributed by atoms with Crippen molar-refractivity contribution in [3.05, 3.63) is 76.3 Å². The van der Waals surface area contributed by atoms with E-state index in [1.807, 2.05) is 0 Å². The highest BCUT2D eigenvalue weighted by Gasteiger charge is 2.52. The van der Waals surface area contributed by atoms with E-state index in [1.165, 1.54) is 23.9 Å². The van der Waals surface area contributed by atoms with Crippen molar-refractivity contribution in [3.63, 3.8) is 0 Å². The Labute approximate surface area is 186 Å². The lowest BCUT2D eigenvalue weighted by Gasteiger charge is -2.27. The molecule has 1 aromatic carbocycles. The molecule has 3 rings (SSSR count). The predicted octanol–water partition coefficient (Wildman–Crippen LogP) is 3.87. The van der Waals surface area contributed by atoms with Crippen LogP contribution in [0.25, 0.3) is 0 Å². The van der Waals surface area contributed by atoms with Crippen molar-refractivity contribution in [1.29, 1.82) is 5.26 Å². The molecule has 0 bridgehead atoms. The normalized spacial score (nSPS) is 18.2. The van der Waals surface area contributed by atoms with Gasteiger partial charge >= 0.3 is 0 Å². The maximum Gasteiger partial charge on any atom is 0.245 e. The molecular weight excluding hydrogens is 423 g/mol. The quantitative estimate of drug-likeness (QED) is 0.666. The number of carbonyl (C=O) groups excluding carboxylic acids is 1. The summed E-state index contributed by atoms with van der Waals surface area (Å²) in [5, 5.41) is 13.5. The number of nitrogens with zero attached hydrogens (tertiary/aromatic N) is 3. The SMILES string of the molecule is CCN(CC)CCSC1=C(C#N)C(c2ccc(F)cc2)(c2cccnc2)C(=O)N1.Cl. The summed E-state index contributed by atoms with van der Waals surface area (Å²) < 4.78 is 13.6. The summed E-state index contributed by atoms with van der Waals surface area (Å²) in [4.78, 5) is 19.8. The largest absolute Gasteiger partial charge is 0.318 e. The number of thioether (sulfide) groups is 1. The van der Waals surface area contributed by atoms with Crippen LogP contribution in [0.1, 0.15) is 25.0 Å². The summed E-state index contributed by atoms with van der Waals surface area (Å²) >= 11 is 1.46. The highest BCUT2D eigenvalue weighted by atomic mass is 35.5. The van der Waals surface area contributed by atoms with Gasteiger partial charge in [0.05, 0.1) is 16.7 Å². The second-order valence-corrected chi connectivity index (χ2v) is 7.75. The molecule has 1 N–H and O–H groups in total. The van der Waals surface area contributed by atoms with Crippen LogP contribution in [0.15, 0.2) is 59.4 Å². The minimum Gasteiger partial charge on any atom is -0.318 e. The van der Waals surface area contributed by atoms with Gasteiger partial charge in [0, 0.05) is 24.7 Å². The van der Waals surface area contributed by atoms with E-state index in [2.05, 4.69) is 35.1 Å². The maximum atomic E-state index is 13.6. The molecule has 0 aliphatic carbocycles. The molecule has 2 heterocycles. The third-order valence-electron chi connectivity index (χ3n) is 5.20. The van der Waals surface area contributed by atoms with Crippen molar-refractivity contribution in [3.8, 4) is 6.07 Å². The minimum absolute atomic E-state index is 0. The van der Waals surface area contributed by atoms with Gasteiger partial charge < -0.3 is 10.2 Å². The van der Waals surface area contributed by atoms with Crippen molar-refractivity contribution >= 4 is 30.1 Å². The van der Waals surface area contributed by atoms with Crippen molar-refractivity contribution in [1.82, 2.24) is 15.2 Å². The monoisotopic (exact) mass is 446 g/mol. The van der Waals surface area contributed by atoms with E-state index in [9.17, 15) is 14.4 Å². The van der Waals surface area contributed by atoms with Crippen molar-refractivity contribution in [2.45, 2.75) is 19.3 Å². The molecule has 158 valence electrons. The molecule has 0 radical (unpaired) electrons. The lowest BCUT2D eigenvalue weighted by molar-refractivity contribution is -0.122. The molecule has 0 fully saturated rings. The summed E-state index contributed by atoms with van der Waals surface area (Å²) in [6.45, 7) is 6.96. The maximum absolute atomic E-state index is 13.6. The van der Waals surface area contributed by atoms with E-state index >= 15 is 0 Å². The van der Waals surface area contributed by atoms with Gasteiger partial charge in [-0.25, -0.2) is 4.39 Å². The van der Waals surface area contributed by atoms with Crippen molar-refractivity contribution in [2.75, 3.05) is 25.4 Å². The third kappa shape index (κ3) is 4.36. The van der Waals surface area contributed by atoms with E-state index in [1.54, 1.807) is 36.7 Å². The Morgan fingerprint density at radius 2 is 1.90 bits per heavy atom. The van der Waals surface area contributed by atoms with Gasteiger partial charge in [-0.05, 0) is 42.4 Å². The first-order valence-corrected chi connectivity index (χ1v) is 10.5. The van der Waals surface area contributed by atoms with E-state index in [-0.39, 0.29) is 18.3 Å². The number of aromatic nitrogens is 1. The molecule has 8 heteroatoms. The predicted molar refractivity (Wildman–Crippen MR) is 120 cm³/mol. The fourth-order valence-electron chi connectivity index (χ4n) is 3.60. The molecule has 0 saturated carbocycles. The second-order valence-electron chi connectivity index (χ2n) is 6.64. The van der Waals surface area contributed by atoms with Crippen LogP contribution >= 0.6 is 24.2 Å². The Morgan fingerprint density at radius 1 is 1.20 bits per heavy atom. The van der Waals surface area contributed by atoms with Gasteiger partial charge in [-0.3, -0.25) is 9.78 Å². The molecule has 1 aliphatic heterocycles. The number of benzene rings is 1. The molecule has 30 heavy (non-hydrogen) atoms. The first-order chi connectivity index (χ1) is 14.1. The summed E-state index contributed by atoms with van der Waals surface area (Å²) in [5.41, 5.74) is 0.112. The molecule has 1 atom stereocenters. The van der Waals surface area contributed by atoms with Crippen LogP contribution in [0.4, 0.5) is 4.39 Å². The van der Waals surface area contributed by atoms with Gasteiger partial charge in [-0.15, -0.1) is 24.2 Å². The second kappa shape index (κ2) is 10.6. The van der Waals surface area contributed by atoms with Gasteiger partial charge in [-0.2, -0.15) is 5.26 Å². The summed E-state index contributed by atoms with van der Waals surface area (Å²) in [6, 6.07) is 11.5. The molecule has 0 spiro atoms. The number of hydrogen-bond acceptors (Lipinski definition) is 5. The highest BCUT2D eigenvalue weighted by Crippen LogP contribution is 2.46. The zero-order valence-electron chi connectivity index (χ0n) is 16.9. The number of nitrogens with one attached hydrogen (secondary N) is 1. The Balaban J connectivity index is 0.00000320. The van der Waals surface area contributed by atoms with Gasteiger partial charge in [-0.1, -0.05) is 32.0 Å². The number of nitriles is 1. The third-order valence-corrected chi connectivity index (χ3v) is 6.18. The zero-order chi connectivity index (χ0) is 20.9. The highest BCUT2D eigenvalue weighted by molar-refractivity contribution is 8.03. The fourth-order valence-corrected chi connectivity index (χ4v) is 4.67. The van der Waals surface area contributed by atoms with Crippen LogP contribution in [0.2, 0.25) is 0 Å². The van der Waals surface area contributed by atoms with Crippen LogP contribution in [0, 0.1) is 17.1 Å². The standard InChI is InChI=1S/C22H23FN4OS.ClH/c1-3-27(4-2)12-13-29-20-19(14-24)22(21(28)26-20,17-6-5-11-25-15-17)16-7-9-18(23)10-8-16;/h5-11,15H,3-4,12-13H2,1-2H3,(H,26,28);1H. The number of halogens is 2. The summed E-state index contributed by atoms with van der Waals surface area (Å²) in [5.74, 6) is 0.0263. The zero-order valence-corrected chi connectivity index (χ0v) is 18.5. The lowest BCUT2D eigenvalue weighted by atomic mass is 9.71. The molecule has 2 aromatic rings. The van der Waals surface area contributed by atoms with Crippen LogP contribution in [-0.4, -0.2) is 41.2 Å². The van der Waals surface area contributed by atoms with Crippen LogP contribution in [-0.2, 0) is 10.2 Å². The van der Waals surface area contributed by atoms with Crippen molar-refractivity contribution in [2.24, 2.45) is 0 Å². The first kappa shape index (κ1) is 23.9. The van der Waals surface area contributed by atoms with Crippen LogP contribution in [0.3, 0.4) is 0 Å². The Hall–Kier alpha value is -2.40. The van der Waals surface area contributed by atoms with Crippen molar-refractivity contribution < 1.29 is 9.18 Å².